The van der Waals surface area contributed by atoms with Gasteiger partial charge in [0, 0.05) is 11.8 Å². The van der Waals surface area contributed by atoms with Crippen LogP contribution in [-0.4, -0.2) is 38.7 Å². The van der Waals surface area contributed by atoms with Crippen molar-refractivity contribution in [3.8, 4) is 17.2 Å². The van der Waals surface area contributed by atoms with Crippen molar-refractivity contribution in [2.75, 3.05) is 17.9 Å². The minimum atomic E-state index is -0.159. The first-order chi connectivity index (χ1) is 12.7. The Bertz CT molecular complexity index is 959. The van der Waals surface area contributed by atoms with E-state index in [-0.39, 0.29) is 18.5 Å². The van der Waals surface area contributed by atoms with Gasteiger partial charge in [-0.3, -0.25) is 4.79 Å². The Hall–Kier alpha value is -3.07. The molecule has 0 saturated carbocycles. The average Bonchev–Trinajstić information content (AvgIpc) is 3.29. The molecule has 0 saturated heterocycles. The molecule has 0 unspecified atom stereocenters. The van der Waals surface area contributed by atoms with E-state index in [1.165, 1.54) is 11.8 Å². The van der Waals surface area contributed by atoms with Crippen LogP contribution in [0.25, 0.3) is 5.69 Å². The number of carbonyl (C=O) groups is 1. The SMILES string of the molecule is Cc1ccccc1-n1nnnc1SCC(=O)Nc1ccc2c(c1)OCO2. The number of ether oxygens (including phenoxy) is 2. The number of amides is 1. The number of nitrogens with one attached hydrogen (secondary N) is 1. The van der Waals surface area contributed by atoms with Crippen LogP contribution in [0.5, 0.6) is 11.5 Å². The second kappa shape index (κ2) is 7.04. The average molecular weight is 369 g/mol. The van der Waals surface area contributed by atoms with Crippen LogP contribution in [0.4, 0.5) is 5.69 Å². The molecule has 26 heavy (non-hydrogen) atoms. The molecule has 3 aromatic rings. The molecule has 1 N–H and O–H groups in total. The summed E-state index contributed by atoms with van der Waals surface area (Å²) in [6, 6.07) is 13.1. The Morgan fingerprint density at radius 2 is 2.08 bits per heavy atom. The standard InChI is InChI=1S/C17H15N5O3S/c1-11-4-2-3-5-13(11)22-17(19-20-21-22)26-9-16(23)18-12-6-7-14-15(8-12)25-10-24-14/h2-8H,9-10H2,1H3,(H,18,23). The van der Waals surface area contributed by atoms with Gasteiger partial charge in [-0.15, -0.1) is 5.10 Å². The summed E-state index contributed by atoms with van der Waals surface area (Å²) >= 11 is 1.27. The Labute approximate surface area is 153 Å². The van der Waals surface area contributed by atoms with Crippen LogP contribution in [0.2, 0.25) is 0 Å². The minimum absolute atomic E-state index is 0.159. The van der Waals surface area contributed by atoms with Crippen LogP contribution in [0.1, 0.15) is 5.56 Å². The van der Waals surface area contributed by atoms with Gasteiger partial charge in [-0.2, -0.15) is 4.68 Å². The van der Waals surface area contributed by atoms with Crippen LogP contribution in [0.15, 0.2) is 47.6 Å². The van der Waals surface area contributed by atoms with Gasteiger partial charge in [0.1, 0.15) is 0 Å². The second-order valence-electron chi connectivity index (χ2n) is 5.56. The van der Waals surface area contributed by atoms with Gasteiger partial charge < -0.3 is 14.8 Å². The summed E-state index contributed by atoms with van der Waals surface area (Å²) < 4.78 is 12.2. The lowest BCUT2D eigenvalue weighted by Gasteiger charge is -2.08. The van der Waals surface area contributed by atoms with Crippen molar-refractivity contribution in [1.82, 2.24) is 20.2 Å². The molecule has 0 bridgehead atoms. The number of para-hydroxylation sites is 1. The summed E-state index contributed by atoms with van der Waals surface area (Å²) in [6.45, 7) is 2.18. The Kier molecular flexibility index (Phi) is 4.44. The molecule has 0 atom stereocenters. The molecule has 0 fully saturated rings. The molecule has 132 valence electrons. The molecule has 1 aliphatic heterocycles. The van der Waals surface area contributed by atoms with Crippen LogP contribution >= 0.6 is 11.8 Å². The van der Waals surface area contributed by atoms with E-state index >= 15 is 0 Å². The number of tetrazole rings is 1. The quantitative estimate of drug-likeness (QED) is 0.691. The van der Waals surface area contributed by atoms with Crippen LogP contribution in [0.3, 0.4) is 0 Å². The molecule has 2 aromatic carbocycles. The van der Waals surface area contributed by atoms with Gasteiger partial charge in [-0.05, 0) is 41.1 Å². The predicted molar refractivity (Wildman–Crippen MR) is 95.8 cm³/mol. The van der Waals surface area contributed by atoms with Crippen LogP contribution in [-0.2, 0) is 4.79 Å². The van der Waals surface area contributed by atoms with Gasteiger partial charge in [-0.1, -0.05) is 30.0 Å². The summed E-state index contributed by atoms with van der Waals surface area (Å²) in [7, 11) is 0. The Morgan fingerprint density at radius 3 is 2.96 bits per heavy atom. The summed E-state index contributed by atoms with van der Waals surface area (Å²) in [4.78, 5) is 12.2. The number of thioether (sulfide) groups is 1. The normalized spacial score (nSPS) is 12.2. The number of hydrogen-bond acceptors (Lipinski definition) is 7. The molecule has 1 amide bonds. The van der Waals surface area contributed by atoms with Crippen molar-refractivity contribution in [3.05, 3.63) is 48.0 Å². The van der Waals surface area contributed by atoms with Crippen molar-refractivity contribution in [2.45, 2.75) is 12.1 Å². The number of fused-ring (bicyclic) bond motifs is 1. The predicted octanol–water partition coefficient (Wildman–Crippen LogP) is 2.43. The molecule has 9 heteroatoms. The van der Waals surface area contributed by atoms with E-state index < -0.39 is 0 Å². The van der Waals surface area contributed by atoms with E-state index in [2.05, 4.69) is 20.8 Å². The first kappa shape index (κ1) is 16.4. The monoisotopic (exact) mass is 369 g/mol. The van der Waals surface area contributed by atoms with Crippen molar-refractivity contribution in [2.24, 2.45) is 0 Å². The maximum absolute atomic E-state index is 12.2. The van der Waals surface area contributed by atoms with Crippen LogP contribution in [0, 0.1) is 6.92 Å². The summed E-state index contributed by atoms with van der Waals surface area (Å²) in [5.41, 5.74) is 2.58. The van der Waals surface area contributed by atoms with Crippen molar-refractivity contribution < 1.29 is 14.3 Å². The minimum Gasteiger partial charge on any atom is -0.454 e. The van der Waals surface area contributed by atoms with Gasteiger partial charge in [0.15, 0.2) is 11.5 Å². The third kappa shape index (κ3) is 3.33. The number of nitrogens with zero attached hydrogens (tertiary/aromatic N) is 4. The van der Waals surface area contributed by atoms with Gasteiger partial charge >= 0.3 is 0 Å². The zero-order valence-electron chi connectivity index (χ0n) is 13.9. The van der Waals surface area contributed by atoms with Gasteiger partial charge in [0.05, 0.1) is 11.4 Å². The largest absolute Gasteiger partial charge is 0.454 e. The van der Waals surface area contributed by atoms with E-state index in [9.17, 15) is 4.79 Å². The lowest BCUT2D eigenvalue weighted by molar-refractivity contribution is -0.113. The van der Waals surface area contributed by atoms with Gasteiger partial charge in [0.2, 0.25) is 17.9 Å². The van der Waals surface area contributed by atoms with Crippen LogP contribution < -0.4 is 14.8 Å². The highest BCUT2D eigenvalue weighted by atomic mass is 32.2. The highest BCUT2D eigenvalue weighted by Gasteiger charge is 2.16. The molecule has 8 nitrogen and oxygen atoms in total. The van der Waals surface area contributed by atoms with E-state index in [0.717, 1.165) is 11.3 Å². The smallest absolute Gasteiger partial charge is 0.234 e. The number of hydrogen-bond donors (Lipinski definition) is 1. The maximum atomic E-state index is 12.2. The molecule has 1 aromatic heterocycles. The number of anilines is 1. The molecular formula is C17H15N5O3S. The fourth-order valence-corrected chi connectivity index (χ4v) is 3.21. The highest BCUT2D eigenvalue weighted by molar-refractivity contribution is 7.99. The second-order valence-corrected chi connectivity index (χ2v) is 6.51. The lowest BCUT2D eigenvalue weighted by Crippen LogP contribution is -2.14. The maximum Gasteiger partial charge on any atom is 0.234 e. The zero-order valence-corrected chi connectivity index (χ0v) is 14.7. The van der Waals surface area contributed by atoms with E-state index in [1.54, 1.807) is 22.9 Å². The summed E-state index contributed by atoms with van der Waals surface area (Å²) in [6.07, 6.45) is 0. The Balaban J connectivity index is 1.41. The number of benzene rings is 2. The fourth-order valence-electron chi connectivity index (χ4n) is 2.52. The molecule has 0 aliphatic carbocycles. The van der Waals surface area contributed by atoms with E-state index in [0.29, 0.717) is 22.3 Å². The van der Waals surface area contributed by atoms with E-state index in [4.69, 9.17) is 9.47 Å². The molecule has 0 radical (unpaired) electrons. The summed E-state index contributed by atoms with van der Waals surface area (Å²) in [5, 5.41) is 15.1. The molecule has 2 heterocycles. The number of carbonyl (C=O) groups excluding carboxylic acids is 1. The zero-order chi connectivity index (χ0) is 17.9. The van der Waals surface area contributed by atoms with Crippen molar-refractivity contribution >= 4 is 23.4 Å². The van der Waals surface area contributed by atoms with Gasteiger partial charge in [0.25, 0.3) is 0 Å². The first-order valence-corrected chi connectivity index (χ1v) is 8.86. The Morgan fingerprint density at radius 1 is 1.23 bits per heavy atom. The first-order valence-electron chi connectivity index (χ1n) is 7.87. The molecule has 1 aliphatic rings. The highest BCUT2D eigenvalue weighted by Crippen LogP contribution is 2.34. The van der Waals surface area contributed by atoms with Crippen molar-refractivity contribution in [1.29, 1.82) is 0 Å². The number of aromatic nitrogens is 4. The van der Waals surface area contributed by atoms with Gasteiger partial charge in [-0.25, -0.2) is 0 Å². The molecular weight excluding hydrogens is 354 g/mol. The third-order valence-corrected chi connectivity index (χ3v) is 4.69. The summed E-state index contributed by atoms with van der Waals surface area (Å²) in [5.74, 6) is 1.32. The molecule has 4 rings (SSSR count). The number of aryl methyl sites for hydroxylation is 1. The van der Waals surface area contributed by atoms with E-state index in [1.807, 2.05) is 31.2 Å². The fraction of sp³-hybridized carbons (Fsp3) is 0.176. The van der Waals surface area contributed by atoms with Crippen molar-refractivity contribution in [3.63, 3.8) is 0 Å². The number of rotatable bonds is 5. The topological polar surface area (TPSA) is 91.2 Å². The molecule has 0 spiro atoms. The lowest BCUT2D eigenvalue weighted by atomic mass is 10.2. The third-order valence-electron chi connectivity index (χ3n) is 3.77.